The van der Waals surface area contributed by atoms with Crippen LogP contribution in [0.15, 0.2) is 47.6 Å². The maximum absolute atomic E-state index is 13.1. The molecule has 3 N–H and O–H groups in total. The molecule has 0 spiro atoms. The first-order valence-corrected chi connectivity index (χ1v) is 9.57. The minimum Gasteiger partial charge on any atom is -0.497 e. The van der Waals surface area contributed by atoms with Gasteiger partial charge in [0.1, 0.15) is 17.3 Å². The van der Waals surface area contributed by atoms with E-state index in [2.05, 4.69) is 15.5 Å². The molecule has 2 aromatic carbocycles. The minimum atomic E-state index is -0.459. The molecule has 0 fully saturated rings. The fourth-order valence-corrected chi connectivity index (χ4v) is 3.28. The monoisotopic (exact) mass is 417 g/mol. The van der Waals surface area contributed by atoms with Gasteiger partial charge in [-0.1, -0.05) is 11.8 Å². The summed E-state index contributed by atoms with van der Waals surface area (Å²) < 4.78 is 25.6. The third kappa shape index (κ3) is 5.17. The van der Waals surface area contributed by atoms with Crippen LogP contribution < -0.4 is 20.5 Å². The number of anilines is 1. The smallest absolute Gasteiger partial charge is 0.227 e. The van der Waals surface area contributed by atoms with Crippen LogP contribution in [0.1, 0.15) is 5.82 Å². The molecule has 0 unspecified atom stereocenters. The average Bonchev–Trinajstić information content (AvgIpc) is 3.14. The normalized spacial score (nSPS) is 10.6. The number of methoxy groups -OCH3 is 2. The van der Waals surface area contributed by atoms with E-state index in [1.165, 1.54) is 23.9 Å². The average molecular weight is 417 g/mol. The zero-order valence-electron chi connectivity index (χ0n) is 15.9. The molecule has 1 amide bonds. The Morgan fingerprint density at radius 2 is 1.79 bits per heavy atom. The highest BCUT2D eigenvalue weighted by Gasteiger charge is 2.17. The molecule has 0 aliphatic carbocycles. The highest BCUT2D eigenvalue weighted by Crippen LogP contribution is 2.29. The van der Waals surface area contributed by atoms with Crippen molar-refractivity contribution in [2.75, 3.05) is 25.3 Å². The van der Waals surface area contributed by atoms with Crippen LogP contribution in [0.5, 0.6) is 11.5 Å². The number of carbonyl (C=O) groups excluding carboxylic acids is 1. The molecule has 10 heteroatoms. The minimum absolute atomic E-state index is 0.0601. The van der Waals surface area contributed by atoms with Gasteiger partial charge in [-0.25, -0.2) is 4.39 Å². The maximum Gasteiger partial charge on any atom is 0.227 e. The molecule has 0 atom stereocenters. The van der Waals surface area contributed by atoms with Gasteiger partial charge in [-0.3, -0.25) is 9.36 Å². The quantitative estimate of drug-likeness (QED) is 0.516. The van der Waals surface area contributed by atoms with Crippen molar-refractivity contribution in [2.45, 2.75) is 11.7 Å². The first-order chi connectivity index (χ1) is 14.0. The van der Waals surface area contributed by atoms with E-state index in [0.29, 0.717) is 34.7 Å². The summed E-state index contributed by atoms with van der Waals surface area (Å²) in [5, 5.41) is 12.1. The lowest BCUT2D eigenvalue weighted by molar-refractivity contribution is -0.115. The maximum atomic E-state index is 13.1. The highest BCUT2D eigenvalue weighted by atomic mass is 32.2. The van der Waals surface area contributed by atoms with Crippen molar-refractivity contribution in [3.8, 4) is 17.2 Å². The van der Waals surface area contributed by atoms with E-state index in [1.54, 1.807) is 37.0 Å². The second-order valence-corrected chi connectivity index (χ2v) is 6.86. The summed E-state index contributed by atoms with van der Waals surface area (Å²) in [4.78, 5) is 11.2. The van der Waals surface area contributed by atoms with Crippen molar-refractivity contribution < 1.29 is 18.7 Å². The molecular formula is C19H20FN5O3S. The Hall–Kier alpha value is -3.27. The molecule has 1 aromatic heterocycles. The van der Waals surface area contributed by atoms with Gasteiger partial charge in [-0.15, -0.1) is 10.2 Å². The summed E-state index contributed by atoms with van der Waals surface area (Å²) >= 11 is 1.18. The molecule has 3 aromatic rings. The number of aromatic nitrogens is 3. The van der Waals surface area contributed by atoms with Crippen LogP contribution in [0, 0.1) is 5.82 Å². The molecule has 0 bridgehead atoms. The van der Waals surface area contributed by atoms with Crippen molar-refractivity contribution in [3.05, 3.63) is 54.1 Å². The SMILES string of the molecule is COc1cc(OC)cc(-n2c(CNc3ccc(F)cc3)nnc2SCC(N)=O)c1. The van der Waals surface area contributed by atoms with Crippen LogP contribution in [-0.4, -0.2) is 40.6 Å². The number of rotatable bonds is 9. The lowest BCUT2D eigenvalue weighted by Gasteiger charge is -2.14. The zero-order chi connectivity index (χ0) is 20.8. The second kappa shape index (κ2) is 9.28. The fraction of sp³-hybridized carbons (Fsp3) is 0.211. The number of thioether (sulfide) groups is 1. The number of halogens is 1. The molecule has 0 radical (unpaired) electrons. The van der Waals surface area contributed by atoms with Gasteiger partial charge < -0.3 is 20.5 Å². The van der Waals surface area contributed by atoms with Crippen LogP contribution in [0.25, 0.3) is 5.69 Å². The number of hydrogen-bond acceptors (Lipinski definition) is 7. The molecular weight excluding hydrogens is 397 g/mol. The van der Waals surface area contributed by atoms with Crippen molar-refractivity contribution in [1.82, 2.24) is 14.8 Å². The molecule has 0 saturated heterocycles. The second-order valence-electron chi connectivity index (χ2n) is 5.92. The van der Waals surface area contributed by atoms with Crippen LogP contribution in [-0.2, 0) is 11.3 Å². The molecule has 0 aliphatic rings. The Morgan fingerprint density at radius 3 is 2.38 bits per heavy atom. The summed E-state index contributed by atoms with van der Waals surface area (Å²) in [5.74, 6) is 1.06. The van der Waals surface area contributed by atoms with Crippen LogP contribution >= 0.6 is 11.8 Å². The Labute approximate surface area is 171 Å². The number of hydrogen-bond donors (Lipinski definition) is 2. The molecule has 8 nitrogen and oxygen atoms in total. The van der Waals surface area contributed by atoms with Crippen molar-refractivity contribution in [3.63, 3.8) is 0 Å². The molecule has 1 heterocycles. The van der Waals surface area contributed by atoms with Gasteiger partial charge in [0.15, 0.2) is 11.0 Å². The number of amides is 1. The predicted octanol–water partition coefficient (Wildman–Crippen LogP) is 2.61. The van der Waals surface area contributed by atoms with Gasteiger partial charge in [0.2, 0.25) is 5.91 Å². The first-order valence-electron chi connectivity index (χ1n) is 8.58. The Balaban J connectivity index is 1.96. The topological polar surface area (TPSA) is 104 Å². The van der Waals surface area contributed by atoms with Gasteiger partial charge in [0, 0.05) is 23.9 Å². The van der Waals surface area contributed by atoms with E-state index in [1.807, 2.05) is 12.1 Å². The van der Waals surface area contributed by atoms with E-state index in [-0.39, 0.29) is 11.6 Å². The third-order valence-electron chi connectivity index (χ3n) is 3.93. The Morgan fingerprint density at radius 1 is 1.14 bits per heavy atom. The van der Waals surface area contributed by atoms with E-state index >= 15 is 0 Å². The predicted molar refractivity (Wildman–Crippen MR) is 108 cm³/mol. The van der Waals surface area contributed by atoms with Gasteiger partial charge in [0.05, 0.1) is 32.2 Å². The summed E-state index contributed by atoms with van der Waals surface area (Å²) in [6.45, 7) is 0.315. The number of nitrogens with two attached hydrogens (primary N) is 1. The number of ether oxygens (including phenoxy) is 2. The van der Waals surface area contributed by atoms with Crippen molar-refractivity contribution in [1.29, 1.82) is 0 Å². The first kappa shape index (κ1) is 20.5. The van der Waals surface area contributed by atoms with Gasteiger partial charge in [-0.05, 0) is 24.3 Å². The van der Waals surface area contributed by atoms with Crippen LogP contribution in [0.4, 0.5) is 10.1 Å². The third-order valence-corrected chi connectivity index (χ3v) is 4.88. The number of primary amides is 1. The van der Waals surface area contributed by atoms with E-state index in [4.69, 9.17) is 15.2 Å². The van der Waals surface area contributed by atoms with Gasteiger partial charge in [-0.2, -0.15) is 0 Å². The van der Waals surface area contributed by atoms with E-state index in [9.17, 15) is 9.18 Å². The number of carbonyl (C=O) groups is 1. The Kier molecular flexibility index (Phi) is 6.55. The number of nitrogens with zero attached hydrogens (tertiary/aromatic N) is 3. The molecule has 3 rings (SSSR count). The van der Waals surface area contributed by atoms with Gasteiger partial charge in [0.25, 0.3) is 0 Å². The van der Waals surface area contributed by atoms with Crippen LogP contribution in [0.2, 0.25) is 0 Å². The highest BCUT2D eigenvalue weighted by molar-refractivity contribution is 7.99. The van der Waals surface area contributed by atoms with E-state index in [0.717, 1.165) is 5.69 Å². The number of nitrogens with one attached hydrogen (secondary N) is 1. The molecule has 0 aliphatic heterocycles. The molecule has 152 valence electrons. The van der Waals surface area contributed by atoms with Crippen molar-refractivity contribution in [2.24, 2.45) is 5.73 Å². The number of benzene rings is 2. The lowest BCUT2D eigenvalue weighted by atomic mass is 10.2. The summed E-state index contributed by atoms with van der Waals surface area (Å²) in [7, 11) is 3.12. The van der Waals surface area contributed by atoms with Crippen molar-refractivity contribution >= 4 is 23.4 Å². The lowest BCUT2D eigenvalue weighted by Crippen LogP contribution is -2.14. The van der Waals surface area contributed by atoms with Crippen LogP contribution in [0.3, 0.4) is 0 Å². The summed E-state index contributed by atoms with van der Waals surface area (Å²) in [6.07, 6.45) is 0. The Bertz CT molecular complexity index is 972. The standard InChI is InChI=1S/C19H20FN5O3S/c1-27-15-7-14(8-16(9-15)28-2)25-18(23-24-19(25)29-11-17(21)26)10-22-13-5-3-12(20)4-6-13/h3-9,22H,10-11H2,1-2H3,(H2,21,26). The largest absolute Gasteiger partial charge is 0.497 e. The molecule has 0 saturated carbocycles. The van der Waals surface area contributed by atoms with E-state index < -0.39 is 5.91 Å². The molecule has 29 heavy (non-hydrogen) atoms. The summed E-state index contributed by atoms with van der Waals surface area (Å²) in [5.41, 5.74) is 6.71. The fourth-order valence-electron chi connectivity index (χ4n) is 2.57. The van der Waals surface area contributed by atoms with Gasteiger partial charge >= 0.3 is 0 Å². The summed E-state index contributed by atoms with van der Waals surface area (Å²) in [6, 6.07) is 11.4. The zero-order valence-corrected chi connectivity index (χ0v) is 16.7.